The van der Waals surface area contributed by atoms with Gasteiger partial charge >= 0.3 is 0 Å². The second-order valence-corrected chi connectivity index (χ2v) is 34.8. The molecule has 0 unspecified atom stereocenters. The predicted octanol–water partition coefficient (Wildman–Crippen LogP) is 24.2. The molecule has 0 spiro atoms. The van der Waals surface area contributed by atoms with Crippen LogP contribution in [-0.4, -0.2) is 30.8 Å². The van der Waals surface area contributed by atoms with Crippen molar-refractivity contribution >= 4 is 66.7 Å². The summed E-state index contributed by atoms with van der Waals surface area (Å²) in [6.07, 6.45) is 12.5. The van der Waals surface area contributed by atoms with Crippen molar-refractivity contribution in [3.8, 4) is 90.0 Å². The minimum atomic E-state index is -0.169. The predicted molar refractivity (Wildman–Crippen MR) is 438 cm³/mol. The minimum absolute atomic E-state index is 0.0717. The van der Waals surface area contributed by atoms with Gasteiger partial charge in [-0.25, -0.2) is 15.0 Å². The van der Waals surface area contributed by atoms with E-state index in [-0.39, 0.29) is 28.4 Å². The third-order valence-electron chi connectivity index (χ3n) is 23.8. The van der Waals surface area contributed by atoms with E-state index in [4.69, 9.17) is 15.0 Å². The summed E-state index contributed by atoms with van der Waals surface area (Å²) in [7, 11) is 0. The van der Waals surface area contributed by atoms with Crippen molar-refractivity contribution in [2.24, 2.45) is 0 Å². The van der Waals surface area contributed by atoms with Gasteiger partial charge in [0.25, 0.3) is 6.71 Å². The Labute approximate surface area is 609 Å². The first-order valence-corrected chi connectivity index (χ1v) is 38.4. The van der Waals surface area contributed by atoms with Gasteiger partial charge in [-0.1, -0.05) is 279 Å². The van der Waals surface area contributed by atoms with Gasteiger partial charge in [-0.15, -0.1) is 0 Å². The topological polar surface area (TPSA) is 48.5 Å². The Bertz CT molecular complexity index is 5260. The molecule has 0 saturated heterocycles. The van der Waals surface area contributed by atoms with E-state index in [1.165, 1.54) is 169 Å². The van der Waals surface area contributed by atoms with E-state index in [1.807, 2.05) is 0 Å². The van der Waals surface area contributed by atoms with E-state index < -0.39 is 0 Å². The Morgan fingerprint density at radius 1 is 0.301 bits per heavy atom. The van der Waals surface area contributed by atoms with E-state index in [0.717, 1.165) is 61.2 Å². The molecule has 5 heterocycles. The largest absolute Gasteiger partial charge is 0.310 e. The number of benzene rings is 11. The summed E-state index contributed by atoms with van der Waals surface area (Å²) in [5.41, 5.74) is 31.6. The van der Waals surface area contributed by atoms with Crippen LogP contribution in [0.25, 0.3) is 134 Å². The summed E-state index contributed by atoms with van der Waals surface area (Å²) >= 11 is 0. The molecule has 2 fully saturated rings. The van der Waals surface area contributed by atoms with Crippen molar-refractivity contribution in [2.45, 2.75) is 181 Å². The zero-order valence-corrected chi connectivity index (χ0v) is 62.3. The number of nitrogens with zero attached hydrogens (tertiary/aromatic N) is 5. The third-order valence-corrected chi connectivity index (χ3v) is 23.8. The highest BCUT2D eigenvalue weighted by Gasteiger charge is 2.45. The lowest BCUT2D eigenvalue weighted by molar-refractivity contribution is 0.445. The Kier molecular flexibility index (Phi) is 15.4. The van der Waals surface area contributed by atoms with Gasteiger partial charge in [0.1, 0.15) is 0 Å². The lowest BCUT2D eigenvalue weighted by atomic mass is 9.34. The van der Waals surface area contributed by atoms with Gasteiger partial charge in [-0.2, -0.15) is 0 Å². The van der Waals surface area contributed by atoms with Crippen LogP contribution in [0.3, 0.4) is 0 Å². The van der Waals surface area contributed by atoms with Crippen LogP contribution in [-0.2, 0) is 21.7 Å². The molecule has 3 aromatic heterocycles. The maximum absolute atomic E-state index is 5.97. The summed E-state index contributed by atoms with van der Waals surface area (Å²) in [5, 5.41) is 5.73. The van der Waals surface area contributed by atoms with Gasteiger partial charge in [0.2, 0.25) is 0 Å². The van der Waals surface area contributed by atoms with Crippen LogP contribution in [0, 0.1) is 0 Å². The first-order chi connectivity index (χ1) is 49.6. The highest BCUT2D eigenvalue weighted by molar-refractivity contribution is 7.00. The molecule has 5 nitrogen and oxygen atoms in total. The summed E-state index contributed by atoms with van der Waals surface area (Å²) in [6, 6.07) is 83.0. The van der Waals surface area contributed by atoms with E-state index in [9.17, 15) is 0 Å². The normalized spacial score (nSPS) is 15.1. The van der Waals surface area contributed by atoms with Crippen LogP contribution >= 0.6 is 0 Å². The Morgan fingerprint density at radius 3 is 0.922 bits per heavy atom. The van der Waals surface area contributed by atoms with Crippen LogP contribution in [0.15, 0.2) is 218 Å². The molecule has 510 valence electrons. The summed E-state index contributed by atoms with van der Waals surface area (Å²) in [6.45, 7) is 29.1. The second kappa shape index (κ2) is 24.4. The smallest absolute Gasteiger partial charge is 0.252 e. The molecule has 0 bridgehead atoms. The van der Waals surface area contributed by atoms with Gasteiger partial charge in [0.15, 0.2) is 17.5 Å². The molecular formula is C97H94BN5. The van der Waals surface area contributed by atoms with E-state index >= 15 is 0 Å². The van der Waals surface area contributed by atoms with Gasteiger partial charge in [-0.3, -0.25) is 0 Å². The van der Waals surface area contributed by atoms with E-state index in [1.54, 1.807) is 0 Å². The molecule has 103 heavy (non-hydrogen) atoms. The minimum Gasteiger partial charge on any atom is -0.310 e. The molecule has 0 atom stereocenters. The summed E-state index contributed by atoms with van der Waals surface area (Å²) < 4.78 is 5.57. The van der Waals surface area contributed by atoms with Crippen LogP contribution in [0.2, 0.25) is 0 Å². The van der Waals surface area contributed by atoms with Crippen LogP contribution < -0.4 is 16.4 Å². The lowest BCUT2D eigenvalue weighted by Crippen LogP contribution is -2.59. The molecule has 14 aromatic rings. The monoisotopic (exact) mass is 1340 g/mol. The zero-order valence-electron chi connectivity index (χ0n) is 62.3. The molecule has 4 aliphatic rings. The fourth-order valence-electron chi connectivity index (χ4n) is 18.5. The number of rotatable bonds is 9. The van der Waals surface area contributed by atoms with Crippen molar-refractivity contribution in [1.82, 2.24) is 24.1 Å². The number of fused-ring (bicyclic) bond motifs is 10. The molecule has 11 aromatic carbocycles. The Balaban J connectivity index is 1.02. The molecule has 0 radical (unpaired) electrons. The standard InChI is InChI=1S/C97H94BN5/c1-94(2,3)72-55-76(96(7,8)9)86-80(57-72)102-82-53-71(93-100-91(69-49-65(59-31-19-13-20-32-59)47-66(50-69)60-33-21-14-22-34-60)99-92(101-93)70-51-67(61-35-23-15-24-36-61)48-68(52-70)62-37-25-16-26-38-62)54-83-88(82)98(78-45-43-74(84(86)89(78)102)63-39-27-17-28-40-63)79-46-44-75(64-41-29-18-30-42-64)85-87-77(97(10,11)12)56-73(95(4,5)6)58-81(87)103(83)90(79)85/h13-16,19-26,31-38,43-58,63-64H,17-18,27-30,39-42H2,1-12H3. The number of hydrogen-bond acceptors (Lipinski definition) is 3. The number of aromatic nitrogens is 5. The van der Waals surface area contributed by atoms with Crippen molar-refractivity contribution in [2.75, 3.05) is 0 Å². The molecular weight excluding hydrogens is 1250 g/mol. The maximum atomic E-state index is 5.97. The molecule has 2 aliphatic carbocycles. The first-order valence-electron chi connectivity index (χ1n) is 38.4. The average Bonchev–Trinajstić information content (AvgIpc) is 1.53. The second-order valence-electron chi connectivity index (χ2n) is 34.8. The Morgan fingerprint density at radius 2 is 0.612 bits per heavy atom. The SMILES string of the molecule is CC(C)(C)c1cc(C(C)(C)C)c2c3c(C4CCCCC4)ccc4c3n(c2c1)-c1cc(-c2nc(-c3cc(-c5ccccc5)cc(-c5ccccc5)c3)nc(-c3cc(-c5ccccc5)cc(-c5ccccc5)c3)n2)cc2c1B4c1ccc(C3CCCCC3)c3c4c(C(C)(C)C)cc(C(C)(C)C)cc4n-2c13. The van der Waals surface area contributed by atoms with Crippen molar-refractivity contribution in [3.63, 3.8) is 0 Å². The molecule has 0 N–H and O–H groups in total. The molecule has 0 amide bonds. The first kappa shape index (κ1) is 65.1. The van der Waals surface area contributed by atoms with Gasteiger partial charge in [0, 0.05) is 60.6 Å². The van der Waals surface area contributed by atoms with Crippen LogP contribution in [0.5, 0.6) is 0 Å². The van der Waals surface area contributed by atoms with E-state index in [0.29, 0.717) is 29.3 Å². The highest BCUT2D eigenvalue weighted by atomic mass is 15.1. The van der Waals surface area contributed by atoms with Crippen molar-refractivity contribution < 1.29 is 0 Å². The quantitative estimate of drug-likeness (QED) is 0.135. The summed E-state index contributed by atoms with van der Waals surface area (Å²) in [5.74, 6) is 2.81. The fourth-order valence-corrected chi connectivity index (χ4v) is 18.5. The lowest BCUT2D eigenvalue weighted by Gasteiger charge is -2.35. The van der Waals surface area contributed by atoms with Crippen molar-refractivity contribution in [1.29, 1.82) is 0 Å². The van der Waals surface area contributed by atoms with E-state index in [2.05, 4.69) is 311 Å². The van der Waals surface area contributed by atoms with Crippen LogP contribution in [0.1, 0.15) is 193 Å². The third kappa shape index (κ3) is 11.1. The fraction of sp³-hybridized carbons (Fsp3) is 0.289. The summed E-state index contributed by atoms with van der Waals surface area (Å²) in [4.78, 5) is 17.7. The molecule has 18 rings (SSSR count). The van der Waals surface area contributed by atoms with Gasteiger partial charge < -0.3 is 9.13 Å². The van der Waals surface area contributed by atoms with Crippen molar-refractivity contribution in [3.05, 3.63) is 252 Å². The average molecular weight is 1340 g/mol. The Hall–Kier alpha value is -9.91. The van der Waals surface area contributed by atoms with Gasteiger partial charge in [-0.05, 0) is 214 Å². The molecule has 2 aliphatic heterocycles. The molecule has 6 heteroatoms. The maximum Gasteiger partial charge on any atom is 0.252 e. The zero-order chi connectivity index (χ0) is 70.6. The van der Waals surface area contributed by atoms with Gasteiger partial charge in [0.05, 0.1) is 11.0 Å². The molecule has 2 saturated carbocycles. The van der Waals surface area contributed by atoms with Crippen LogP contribution in [0.4, 0.5) is 0 Å². The highest BCUT2D eigenvalue weighted by Crippen LogP contribution is 2.52. The number of hydrogen-bond donors (Lipinski definition) is 0.